The molecule has 0 saturated heterocycles. The number of rotatable bonds is 6. The summed E-state index contributed by atoms with van der Waals surface area (Å²) in [7, 11) is 0. The van der Waals surface area contributed by atoms with Crippen molar-refractivity contribution in [1.82, 2.24) is 14.8 Å². The highest BCUT2D eigenvalue weighted by molar-refractivity contribution is 7.98. The Balaban J connectivity index is 1.90. The molecule has 0 N–H and O–H groups in total. The molecule has 0 aliphatic rings. The highest BCUT2D eigenvalue weighted by Crippen LogP contribution is 2.32. The van der Waals surface area contributed by atoms with Crippen molar-refractivity contribution in [3.8, 4) is 11.4 Å². The number of benzene rings is 2. The molecule has 0 aliphatic carbocycles. The molecule has 0 fully saturated rings. The number of thioether (sulfide) groups is 1. The second-order valence-electron chi connectivity index (χ2n) is 5.61. The van der Waals surface area contributed by atoms with E-state index in [1.165, 1.54) is 11.1 Å². The van der Waals surface area contributed by atoms with Gasteiger partial charge in [-0.05, 0) is 30.7 Å². The fourth-order valence-corrected chi connectivity index (χ4v) is 3.89. The molecule has 128 valence electrons. The molecule has 0 amide bonds. The third kappa shape index (κ3) is 4.27. The van der Waals surface area contributed by atoms with Crippen molar-refractivity contribution in [2.24, 2.45) is 0 Å². The average molecular weight is 390 g/mol. The number of allylic oxidation sites excluding steroid dienone is 1. The molecule has 3 rings (SSSR count). The monoisotopic (exact) mass is 389 g/mol. The van der Waals surface area contributed by atoms with Crippen molar-refractivity contribution < 1.29 is 0 Å². The van der Waals surface area contributed by atoms with E-state index in [2.05, 4.69) is 48.0 Å². The predicted molar refractivity (Wildman–Crippen MR) is 106 cm³/mol. The Bertz CT molecular complexity index is 905. The van der Waals surface area contributed by atoms with Crippen LogP contribution in [-0.4, -0.2) is 14.8 Å². The van der Waals surface area contributed by atoms with Crippen molar-refractivity contribution in [2.45, 2.75) is 24.4 Å². The van der Waals surface area contributed by atoms with Crippen LogP contribution >= 0.6 is 35.0 Å². The summed E-state index contributed by atoms with van der Waals surface area (Å²) in [5, 5.41) is 10.7. The third-order valence-electron chi connectivity index (χ3n) is 3.65. The first-order chi connectivity index (χ1) is 12.1. The van der Waals surface area contributed by atoms with Crippen LogP contribution in [0.15, 0.2) is 60.3 Å². The molecule has 6 heteroatoms. The van der Waals surface area contributed by atoms with E-state index in [1.807, 2.05) is 16.7 Å². The van der Waals surface area contributed by atoms with Gasteiger partial charge in [-0.25, -0.2) is 0 Å². The molecule has 1 heterocycles. The number of nitrogens with zero attached hydrogens (tertiary/aromatic N) is 3. The maximum atomic E-state index is 6.34. The van der Waals surface area contributed by atoms with Gasteiger partial charge in [0, 0.05) is 22.9 Å². The van der Waals surface area contributed by atoms with Crippen LogP contribution in [0.25, 0.3) is 11.4 Å². The van der Waals surface area contributed by atoms with Gasteiger partial charge in [0.1, 0.15) is 0 Å². The summed E-state index contributed by atoms with van der Waals surface area (Å²) >= 11 is 14.0. The van der Waals surface area contributed by atoms with Crippen LogP contribution in [0.4, 0.5) is 0 Å². The van der Waals surface area contributed by atoms with Crippen LogP contribution < -0.4 is 0 Å². The van der Waals surface area contributed by atoms with Crippen LogP contribution in [-0.2, 0) is 12.3 Å². The molecule has 0 aliphatic heterocycles. The molecule has 0 atom stereocenters. The quantitative estimate of drug-likeness (QED) is 0.380. The minimum absolute atomic E-state index is 0.556. The van der Waals surface area contributed by atoms with Crippen LogP contribution in [0.2, 0.25) is 10.0 Å². The zero-order valence-corrected chi connectivity index (χ0v) is 16.1. The van der Waals surface area contributed by atoms with E-state index in [0.717, 1.165) is 16.5 Å². The van der Waals surface area contributed by atoms with E-state index in [-0.39, 0.29) is 0 Å². The van der Waals surface area contributed by atoms with E-state index < -0.39 is 0 Å². The van der Waals surface area contributed by atoms with Crippen molar-refractivity contribution in [2.75, 3.05) is 0 Å². The molecule has 0 spiro atoms. The lowest BCUT2D eigenvalue weighted by Crippen LogP contribution is -2.01. The fourth-order valence-electron chi connectivity index (χ4n) is 2.51. The standard InChI is InChI=1S/C19H17Cl2N3S/c1-3-9-24-18(16-8-7-15(20)11-17(16)21)22-23-19(24)25-12-14-6-4-5-13(2)10-14/h3-8,10-11H,1,9,12H2,2H3. The van der Waals surface area contributed by atoms with Crippen molar-refractivity contribution in [3.63, 3.8) is 0 Å². The molecule has 1 aromatic heterocycles. The Morgan fingerprint density at radius 2 is 2.00 bits per heavy atom. The molecule has 0 saturated carbocycles. The first-order valence-corrected chi connectivity index (χ1v) is 9.50. The second-order valence-corrected chi connectivity index (χ2v) is 7.39. The van der Waals surface area contributed by atoms with Crippen LogP contribution in [0.3, 0.4) is 0 Å². The zero-order chi connectivity index (χ0) is 17.8. The highest BCUT2D eigenvalue weighted by Gasteiger charge is 2.16. The topological polar surface area (TPSA) is 30.7 Å². The minimum atomic E-state index is 0.556. The highest BCUT2D eigenvalue weighted by atomic mass is 35.5. The molecule has 0 bridgehead atoms. The van der Waals surface area contributed by atoms with E-state index in [0.29, 0.717) is 22.4 Å². The summed E-state index contributed by atoms with van der Waals surface area (Å²) < 4.78 is 2.02. The smallest absolute Gasteiger partial charge is 0.192 e. The summed E-state index contributed by atoms with van der Waals surface area (Å²) in [6.45, 7) is 6.54. The predicted octanol–water partition coefficient (Wildman–Crippen LogP) is 6.04. The second kappa shape index (κ2) is 8.09. The van der Waals surface area contributed by atoms with E-state index >= 15 is 0 Å². The lowest BCUT2D eigenvalue weighted by atomic mass is 10.2. The average Bonchev–Trinajstić information content (AvgIpc) is 2.96. The van der Waals surface area contributed by atoms with Gasteiger partial charge in [-0.3, -0.25) is 4.57 Å². The van der Waals surface area contributed by atoms with Crippen molar-refractivity contribution in [3.05, 3.63) is 76.3 Å². The van der Waals surface area contributed by atoms with Gasteiger partial charge in [0.2, 0.25) is 0 Å². The molecular formula is C19H17Cl2N3S. The molecule has 0 unspecified atom stereocenters. The zero-order valence-electron chi connectivity index (χ0n) is 13.7. The van der Waals surface area contributed by atoms with Gasteiger partial charge in [-0.2, -0.15) is 0 Å². The molecule has 3 nitrogen and oxygen atoms in total. The maximum Gasteiger partial charge on any atom is 0.192 e. The summed E-state index contributed by atoms with van der Waals surface area (Å²) in [6.07, 6.45) is 1.83. The lowest BCUT2D eigenvalue weighted by Gasteiger charge is -2.09. The fraction of sp³-hybridized carbons (Fsp3) is 0.158. The van der Waals surface area contributed by atoms with Gasteiger partial charge in [-0.1, -0.05) is 70.9 Å². The van der Waals surface area contributed by atoms with Gasteiger partial charge in [-0.15, -0.1) is 16.8 Å². The summed E-state index contributed by atoms with van der Waals surface area (Å²) in [5.74, 6) is 1.54. The summed E-state index contributed by atoms with van der Waals surface area (Å²) in [5.41, 5.74) is 3.31. The summed E-state index contributed by atoms with van der Waals surface area (Å²) in [4.78, 5) is 0. The Hall–Kier alpha value is -1.75. The van der Waals surface area contributed by atoms with Gasteiger partial charge >= 0.3 is 0 Å². The molecule has 3 aromatic rings. The first-order valence-electron chi connectivity index (χ1n) is 7.76. The van der Waals surface area contributed by atoms with Crippen LogP contribution in [0, 0.1) is 6.92 Å². The summed E-state index contributed by atoms with van der Waals surface area (Å²) in [6, 6.07) is 13.8. The number of aryl methyl sites for hydroxylation is 1. The SMILES string of the molecule is C=CCn1c(SCc2cccc(C)c2)nnc1-c1ccc(Cl)cc1Cl. The number of hydrogen-bond acceptors (Lipinski definition) is 3. The third-order valence-corrected chi connectivity index (χ3v) is 5.24. The van der Waals surface area contributed by atoms with E-state index in [1.54, 1.807) is 23.9 Å². The minimum Gasteiger partial charge on any atom is -0.298 e. The van der Waals surface area contributed by atoms with Gasteiger partial charge < -0.3 is 0 Å². The Labute approximate surface area is 161 Å². The number of aromatic nitrogens is 3. The van der Waals surface area contributed by atoms with Gasteiger partial charge in [0.15, 0.2) is 11.0 Å². The molecule has 0 radical (unpaired) electrons. The normalized spacial score (nSPS) is 10.8. The Morgan fingerprint density at radius 1 is 1.16 bits per heavy atom. The van der Waals surface area contributed by atoms with Gasteiger partial charge in [0.05, 0.1) is 5.02 Å². The molecular weight excluding hydrogens is 373 g/mol. The number of hydrogen-bond donors (Lipinski definition) is 0. The van der Waals surface area contributed by atoms with Crippen molar-refractivity contribution in [1.29, 1.82) is 0 Å². The van der Waals surface area contributed by atoms with Crippen LogP contribution in [0.5, 0.6) is 0 Å². The molecule has 2 aromatic carbocycles. The lowest BCUT2D eigenvalue weighted by molar-refractivity contribution is 0.731. The van der Waals surface area contributed by atoms with Crippen LogP contribution in [0.1, 0.15) is 11.1 Å². The van der Waals surface area contributed by atoms with E-state index in [4.69, 9.17) is 23.2 Å². The Kier molecular flexibility index (Phi) is 5.84. The number of halogens is 2. The molecule has 25 heavy (non-hydrogen) atoms. The largest absolute Gasteiger partial charge is 0.298 e. The van der Waals surface area contributed by atoms with Gasteiger partial charge in [0.25, 0.3) is 0 Å². The Morgan fingerprint density at radius 3 is 2.72 bits per heavy atom. The maximum absolute atomic E-state index is 6.34. The first kappa shape index (κ1) is 18.1. The van der Waals surface area contributed by atoms with E-state index in [9.17, 15) is 0 Å². The van der Waals surface area contributed by atoms with Crippen molar-refractivity contribution >= 4 is 35.0 Å².